The van der Waals surface area contributed by atoms with Crippen molar-refractivity contribution in [2.45, 2.75) is 25.3 Å². The zero-order valence-corrected chi connectivity index (χ0v) is 18.0. The molecule has 0 unspecified atom stereocenters. The Morgan fingerprint density at radius 3 is 2.34 bits per heavy atom. The van der Waals surface area contributed by atoms with Gasteiger partial charge in [-0.15, -0.1) is 0 Å². The first-order chi connectivity index (χ1) is 13.8. The maximum Gasteiger partial charge on any atom is 0.257 e. The number of benzene rings is 1. The Labute approximate surface area is 171 Å². The Morgan fingerprint density at radius 2 is 1.76 bits per heavy atom. The van der Waals surface area contributed by atoms with Crippen LogP contribution in [0.5, 0.6) is 5.75 Å². The molecular weight excluding hydrogens is 394 g/mol. The van der Waals surface area contributed by atoms with Gasteiger partial charge in [-0.1, -0.05) is 12.1 Å². The fourth-order valence-corrected chi connectivity index (χ4v) is 4.95. The highest BCUT2D eigenvalue weighted by Crippen LogP contribution is 2.28. The fourth-order valence-electron chi connectivity index (χ4n) is 3.42. The number of rotatable bonds is 6. The van der Waals surface area contributed by atoms with Crippen molar-refractivity contribution >= 4 is 15.9 Å². The van der Waals surface area contributed by atoms with E-state index in [0.29, 0.717) is 43.4 Å². The van der Waals surface area contributed by atoms with E-state index in [1.807, 2.05) is 0 Å². The predicted molar refractivity (Wildman–Crippen MR) is 109 cm³/mol. The summed E-state index contributed by atoms with van der Waals surface area (Å²) in [5, 5.41) is 0. The number of methoxy groups -OCH3 is 1. The Hall–Kier alpha value is -2.36. The molecule has 0 saturated carbocycles. The van der Waals surface area contributed by atoms with Crippen LogP contribution in [0.2, 0.25) is 0 Å². The van der Waals surface area contributed by atoms with E-state index in [1.54, 1.807) is 61.7 Å². The molecule has 9 heteroatoms. The van der Waals surface area contributed by atoms with Crippen LogP contribution in [0.1, 0.15) is 27.3 Å². The molecule has 0 aliphatic carbocycles. The van der Waals surface area contributed by atoms with Crippen molar-refractivity contribution in [1.29, 1.82) is 0 Å². The van der Waals surface area contributed by atoms with Crippen molar-refractivity contribution in [3.8, 4) is 5.75 Å². The van der Waals surface area contributed by atoms with Gasteiger partial charge in [-0.25, -0.2) is 13.1 Å². The number of nitrogens with one attached hydrogen (secondary N) is 1. The van der Waals surface area contributed by atoms with Crippen LogP contribution in [0.3, 0.4) is 0 Å². The second-order valence-electron chi connectivity index (χ2n) is 7.01. The highest BCUT2D eigenvalue weighted by molar-refractivity contribution is 7.89. The van der Waals surface area contributed by atoms with Gasteiger partial charge in [0.05, 0.1) is 25.9 Å². The van der Waals surface area contributed by atoms with Crippen LogP contribution < -0.4 is 9.46 Å². The summed E-state index contributed by atoms with van der Waals surface area (Å²) >= 11 is 0. The van der Waals surface area contributed by atoms with Gasteiger partial charge in [0.15, 0.2) is 0 Å². The lowest BCUT2D eigenvalue weighted by atomic mass is 10.2. The van der Waals surface area contributed by atoms with Crippen LogP contribution in [0.25, 0.3) is 0 Å². The number of sulfonamides is 1. The number of hydrogen-bond acceptors (Lipinski definition) is 5. The maximum absolute atomic E-state index is 13.2. The molecule has 1 aromatic heterocycles. The van der Waals surface area contributed by atoms with Crippen molar-refractivity contribution in [2.75, 3.05) is 33.4 Å². The van der Waals surface area contributed by atoms with Gasteiger partial charge in [0, 0.05) is 38.1 Å². The zero-order chi connectivity index (χ0) is 21.2. The maximum atomic E-state index is 13.2. The average molecular weight is 422 g/mol. The third-order valence-corrected chi connectivity index (χ3v) is 6.89. The number of carbonyl (C=O) groups excluding carboxylic acids is 1. The van der Waals surface area contributed by atoms with E-state index in [0.717, 1.165) is 5.56 Å². The smallest absolute Gasteiger partial charge is 0.257 e. The lowest BCUT2D eigenvalue weighted by Crippen LogP contribution is -2.41. The van der Waals surface area contributed by atoms with Gasteiger partial charge >= 0.3 is 0 Å². The number of hydrogen-bond donors (Lipinski definition) is 1. The standard InChI is InChI=1S/C20H27N3O5S/c1-14-18(20(24)23-9-11-28-12-10-23)19(15(2)22(14)3)29(25,26)21-13-16-5-7-17(27-4)8-6-16/h5-8,21H,9-13H2,1-4H3. The lowest BCUT2D eigenvalue weighted by Gasteiger charge is -2.27. The number of carbonyl (C=O) groups is 1. The molecule has 1 saturated heterocycles. The molecule has 158 valence electrons. The summed E-state index contributed by atoms with van der Waals surface area (Å²) in [5.41, 5.74) is 2.18. The summed E-state index contributed by atoms with van der Waals surface area (Å²) in [5.74, 6) is 0.420. The SMILES string of the molecule is COc1ccc(CNS(=O)(=O)c2c(C(=O)N3CCOCC3)c(C)n(C)c2C)cc1. The summed E-state index contributed by atoms with van der Waals surface area (Å²) < 4.78 is 41.2. The van der Waals surface area contributed by atoms with Crippen molar-refractivity contribution in [3.63, 3.8) is 0 Å². The normalized spacial score (nSPS) is 14.8. The quantitative estimate of drug-likeness (QED) is 0.765. The molecule has 2 heterocycles. The summed E-state index contributed by atoms with van der Waals surface area (Å²) in [4.78, 5) is 14.8. The largest absolute Gasteiger partial charge is 0.497 e. The first-order valence-corrected chi connectivity index (χ1v) is 10.9. The van der Waals surface area contributed by atoms with Gasteiger partial charge in [-0.05, 0) is 31.5 Å². The fraction of sp³-hybridized carbons (Fsp3) is 0.450. The third kappa shape index (κ3) is 4.31. The highest BCUT2D eigenvalue weighted by atomic mass is 32.2. The molecule has 2 aromatic rings. The van der Waals surface area contributed by atoms with Crippen molar-refractivity contribution < 1.29 is 22.7 Å². The Kier molecular flexibility index (Phi) is 6.30. The van der Waals surface area contributed by atoms with Gasteiger partial charge in [0.25, 0.3) is 5.91 Å². The molecule has 29 heavy (non-hydrogen) atoms. The third-order valence-electron chi connectivity index (χ3n) is 5.33. The van der Waals surface area contributed by atoms with Crippen LogP contribution in [0, 0.1) is 13.8 Å². The van der Waals surface area contributed by atoms with Crippen LogP contribution in [-0.4, -0.2) is 57.2 Å². The molecule has 8 nitrogen and oxygen atoms in total. The minimum Gasteiger partial charge on any atom is -0.497 e. The van der Waals surface area contributed by atoms with E-state index in [4.69, 9.17) is 9.47 Å². The zero-order valence-electron chi connectivity index (χ0n) is 17.2. The number of amides is 1. The molecule has 1 N–H and O–H groups in total. The Balaban J connectivity index is 1.91. The van der Waals surface area contributed by atoms with Crippen LogP contribution in [-0.2, 0) is 28.4 Å². The van der Waals surface area contributed by atoms with Crippen molar-refractivity contribution in [1.82, 2.24) is 14.2 Å². The van der Waals surface area contributed by atoms with Crippen LogP contribution >= 0.6 is 0 Å². The van der Waals surface area contributed by atoms with Crippen molar-refractivity contribution in [3.05, 3.63) is 46.8 Å². The number of aromatic nitrogens is 1. The monoisotopic (exact) mass is 421 g/mol. The number of ether oxygens (including phenoxy) is 2. The average Bonchev–Trinajstić information content (AvgIpc) is 2.97. The first kappa shape index (κ1) is 21.4. The number of nitrogens with zero attached hydrogens (tertiary/aromatic N) is 2. The second kappa shape index (κ2) is 8.56. The Bertz CT molecular complexity index is 990. The van der Waals surface area contributed by atoms with E-state index >= 15 is 0 Å². The van der Waals surface area contributed by atoms with Gasteiger partial charge in [-0.2, -0.15) is 0 Å². The van der Waals surface area contributed by atoms with E-state index < -0.39 is 10.0 Å². The van der Waals surface area contributed by atoms with Crippen LogP contribution in [0.15, 0.2) is 29.2 Å². The molecule has 0 atom stereocenters. The van der Waals surface area contributed by atoms with Gasteiger partial charge in [0.2, 0.25) is 10.0 Å². The highest BCUT2D eigenvalue weighted by Gasteiger charge is 2.33. The summed E-state index contributed by atoms with van der Waals surface area (Å²) in [6.45, 7) is 5.40. The second-order valence-corrected chi connectivity index (χ2v) is 8.71. The predicted octanol–water partition coefficient (Wildman–Crippen LogP) is 1.60. The minimum atomic E-state index is -3.90. The lowest BCUT2D eigenvalue weighted by molar-refractivity contribution is 0.0300. The molecule has 1 amide bonds. The molecular formula is C20H27N3O5S. The van der Waals surface area contributed by atoms with E-state index in [1.165, 1.54) is 0 Å². The first-order valence-electron chi connectivity index (χ1n) is 9.41. The molecule has 3 rings (SSSR count). The van der Waals surface area contributed by atoms with Gasteiger partial charge in [0.1, 0.15) is 10.6 Å². The Morgan fingerprint density at radius 1 is 1.14 bits per heavy atom. The van der Waals surface area contributed by atoms with Gasteiger partial charge < -0.3 is 18.9 Å². The summed E-state index contributed by atoms with van der Waals surface area (Å²) in [7, 11) is -0.560. The molecule has 0 spiro atoms. The number of morpholine rings is 1. The van der Waals surface area contributed by atoms with E-state index in [2.05, 4.69) is 4.72 Å². The van der Waals surface area contributed by atoms with Crippen molar-refractivity contribution in [2.24, 2.45) is 7.05 Å². The van der Waals surface area contributed by atoms with E-state index in [-0.39, 0.29) is 22.9 Å². The van der Waals surface area contributed by atoms with E-state index in [9.17, 15) is 13.2 Å². The molecule has 0 bridgehead atoms. The molecule has 1 aliphatic heterocycles. The molecule has 0 radical (unpaired) electrons. The summed E-state index contributed by atoms with van der Waals surface area (Å²) in [6.07, 6.45) is 0. The molecule has 1 fully saturated rings. The molecule has 1 aliphatic rings. The topological polar surface area (TPSA) is 89.9 Å². The summed E-state index contributed by atoms with van der Waals surface area (Å²) in [6, 6.07) is 7.14. The minimum absolute atomic E-state index is 0.0440. The van der Waals surface area contributed by atoms with Gasteiger partial charge in [-0.3, -0.25) is 4.79 Å². The van der Waals surface area contributed by atoms with Crippen LogP contribution in [0.4, 0.5) is 0 Å². The molecule has 1 aromatic carbocycles.